The van der Waals surface area contributed by atoms with Gasteiger partial charge in [0.2, 0.25) is 5.91 Å². The van der Waals surface area contributed by atoms with E-state index in [0.29, 0.717) is 0 Å². The van der Waals surface area contributed by atoms with Crippen molar-refractivity contribution in [3.8, 4) is 0 Å². The van der Waals surface area contributed by atoms with Gasteiger partial charge in [0, 0.05) is 19.3 Å². The zero-order chi connectivity index (χ0) is 15.5. The number of hydrogen-bond acceptors (Lipinski definition) is 4. The summed E-state index contributed by atoms with van der Waals surface area (Å²) in [6, 6.07) is 8.05. The van der Waals surface area contributed by atoms with Crippen molar-refractivity contribution in [2.75, 3.05) is 17.2 Å². The first-order chi connectivity index (χ1) is 10.7. The monoisotopic (exact) mass is 299 g/mol. The predicted molar refractivity (Wildman–Crippen MR) is 85.9 cm³/mol. The van der Waals surface area contributed by atoms with Crippen LogP contribution in [-0.2, 0) is 18.3 Å². The van der Waals surface area contributed by atoms with E-state index >= 15 is 0 Å². The topological polar surface area (TPSA) is 71.8 Å². The molecule has 0 bridgehead atoms. The highest BCUT2D eigenvalue weighted by molar-refractivity contribution is 5.96. The first kappa shape index (κ1) is 14.6. The van der Waals surface area contributed by atoms with Gasteiger partial charge in [0.05, 0.1) is 5.92 Å². The van der Waals surface area contributed by atoms with Gasteiger partial charge < -0.3 is 10.6 Å². The van der Waals surface area contributed by atoms with Crippen LogP contribution < -0.4 is 10.6 Å². The van der Waals surface area contributed by atoms with E-state index in [1.807, 2.05) is 19.2 Å². The minimum atomic E-state index is -0.250. The van der Waals surface area contributed by atoms with Crippen LogP contribution in [0.5, 0.6) is 0 Å². The van der Waals surface area contributed by atoms with Crippen molar-refractivity contribution in [1.82, 2.24) is 15.0 Å². The van der Waals surface area contributed by atoms with E-state index < -0.39 is 0 Å². The first-order valence-corrected chi connectivity index (χ1v) is 7.72. The molecule has 3 rings (SSSR count). The van der Waals surface area contributed by atoms with E-state index in [0.717, 1.165) is 43.0 Å². The fraction of sp³-hybridized carbons (Fsp3) is 0.438. The van der Waals surface area contributed by atoms with Gasteiger partial charge in [-0.3, -0.25) is 4.79 Å². The standard InChI is InChI=1S/C16H21N5O/c1-3-4-11-5-7-12(8-6-11)18-16(22)13-9-10-17-15-14(13)19-20-21(15)2/h5-8,13,17H,3-4,9-10H2,1-2H3,(H,18,22). The Kier molecular flexibility index (Phi) is 4.09. The van der Waals surface area contributed by atoms with Gasteiger partial charge in [-0.15, -0.1) is 5.10 Å². The fourth-order valence-electron chi connectivity index (χ4n) is 2.81. The molecule has 0 aliphatic carbocycles. The molecule has 6 nitrogen and oxygen atoms in total. The highest BCUT2D eigenvalue weighted by atomic mass is 16.1. The van der Waals surface area contributed by atoms with Crippen LogP contribution >= 0.6 is 0 Å². The molecule has 1 amide bonds. The molecule has 2 heterocycles. The number of anilines is 2. The second kappa shape index (κ2) is 6.17. The summed E-state index contributed by atoms with van der Waals surface area (Å²) in [4.78, 5) is 12.5. The molecular formula is C16H21N5O. The van der Waals surface area contributed by atoms with Crippen LogP contribution in [0.3, 0.4) is 0 Å². The van der Waals surface area contributed by atoms with Gasteiger partial charge in [-0.1, -0.05) is 30.7 Å². The van der Waals surface area contributed by atoms with Gasteiger partial charge in [-0.2, -0.15) is 0 Å². The smallest absolute Gasteiger partial charge is 0.233 e. The molecule has 1 aliphatic heterocycles. The van der Waals surface area contributed by atoms with E-state index in [1.54, 1.807) is 4.68 Å². The number of carbonyl (C=O) groups is 1. The van der Waals surface area contributed by atoms with E-state index in [9.17, 15) is 4.79 Å². The SMILES string of the molecule is CCCc1ccc(NC(=O)C2CCNc3c2nnn3C)cc1. The number of nitrogens with one attached hydrogen (secondary N) is 2. The molecule has 22 heavy (non-hydrogen) atoms. The van der Waals surface area contributed by atoms with E-state index in [-0.39, 0.29) is 11.8 Å². The Morgan fingerprint density at radius 1 is 1.41 bits per heavy atom. The molecule has 0 radical (unpaired) electrons. The maximum absolute atomic E-state index is 12.5. The molecule has 2 N–H and O–H groups in total. The third kappa shape index (κ3) is 2.81. The lowest BCUT2D eigenvalue weighted by atomic mass is 9.97. The molecule has 1 aromatic carbocycles. The second-order valence-electron chi connectivity index (χ2n) is 5.65. The molecule has 0 spiro atoms. The van der Waals surface area contributed by atoms with Gasteiger partial charge in [-0.25, -0.2) is 4.68 Å². The fourth-order valence-corrected chi connectivity index (χ4v) is 2.81. The Labute approximate surface area is 129 Å². The molecule has 0 saturated carbocycles. The van der Waals surface area contributed by atoms with Crippen molar-refractivity contribution < 1.29 is 4.79 Å². The van der Waals surface area contributed by atoms with Gasteiger partial charge in [0.1, 0.15) is 11.5 Å². The van der Waals surface area contributed by atoms with Gasteiger partial charge in [-0.05, 0) is 30.5 Å². The Bertz CT molecular complexity index is 662. The van der Waals surface area contributed by atoms with Crippen LogP contribution in [0, 0.1) is 0 Å². The molecule has 116 valence electrons. The lowest BCUT2D eigenvalue weighted by Crippen LogP contribution is -2.28. The normalized spacial score (nSPS) is 16.7. The van der Waals surface area contributed by atoms with Crippen LogP contribution in [-0.4, -0.2) is 27.4 Å². The minimum Gasteiger partial charge on any atom is -0.369 e. The predicted octanol–water partition coefficient (Wildman–Crippen LogP) is 2.31. The lowest BCUT2D eigenvalue weighted by molar-refractivity contribution is -0.117. The number of carbonyl (C=O) groups excluding carboxylic acids is 1. The Hall–Kier alpha value is -2.37. The molecule has 0 fully saturated rings. The largest absolute Gasteiger partial charge is 0.369 e. The molecule has 1 aromatic heterocycles. The number of nitrogens with zero attached hydrogens (tertiary/aromatic N) is 3. The third-order valence-corrected chi connectivity index (χ3v) is 3.99. The number of hydrogen-bond donors (Lipinski definition) is 2. The summed E-state index contributed by atoms with van der Waals surface area (Å²) in [5.74, 6) is 0.566. The average Bonchev–Trinajstić information content (AvgIpc) is 2.91. The second-order valence-corrected chi connectivity index (χ2v) is 5.65. The van der Waals surface area contributed by atoms with Crippen LogP contribution in [0.4, 0.5) is 11.5 Å². The molecule has 1 aliphatic rings. The molecule has 2 aromatic rings. The summed E-state index contributed by atoms with van der Waals surface area (Å²) in [5.41, 5.74) is 2.85. The van der Waals surface area contributed by atoms with Gasteiger partial charge in [0.25, 0.3) is 0 Å². The Morgan fingerprint density at radius 2 is 2.18 bits per heavy atom. The number of benzene rings is 1. The van der Waals surface area contributed by atoms with Gasteiger partial charge in [0.15, 0.2) is 0 Å². The first-order valence-electron chi connectivity index (χ1n) is 7.72. The number of fused-ring (bicyclic) bond motifs is 1. The van der Waals surface area contributed by atoms with E-state index in [2.05, 4.69) is 40.0 Å². The Balaban J connectivity index is 1.72. The molecule has 1 atom stereocenters. The van der Waals surface area contributed by atoms with Crippen LogP contribution in [0.2, 0.25) is 0 Å². The molecule has 1 unspecified atom stereocenters. The highest BCUT2D eigenvalue weighted by Gasteiger charge is 2.30. The van der Waals surface area contributed by atoms with Crippen molar-refractivity contribution >= 4 is 17.4 Å². The summed E-state index contributed by atoms with van der Waals surface area (Å²) < 4.78 is 1.67. The summed E-state index contributed by atoms with van der Waals surface area (Å²) in [5, 5.41) is 14.3. The summed E-state index contributed by atoms with van der Waals surface area (Å²) in [6.45, 7) is 2.91. The van der Waals surface area contributed by atoms with E-state index in [1.165, 1.54) is 5.56 Å². The summed E-state index contributed by atoms with van der Waals surface area (Å²) in [6.07, 6.45) is 2.91. The quantitative estimate of drug-likeness (QED) is 0.908. The third-order valence-electron chi connectivity index (χ3n) is 3.99. The van der Waals surface area contributed by atoms with Crippen molar-refractivity contribution in [1.29, 1.82) is 0 Å². The maximum Gasteiger partial charge on any atom is 0.233 e. The maximum atomic E-state index is 12.5. The number of amides is 1. The minimum absolute atomic E-state index is 0.0218. The summed E-state index contributed by atoms with van der Waals surface area (Å²) >= 11 is 0. The molecule has 0 saturated heterocycles. The molecule has 6 heteroatoms. The number of rotatable bonds is 4. The van der Waals surface area contributed by atoms with Crippen LogP contribution in [0.25, 0.3) is 0 Å². The average molecular weight is 299 g/mol. The van der Waals surface area contributed by atoms with E-state index in [4.69, 9.17) is 0 Å². The van der Waals surface area contributed by atoms with Crippen molar-refractivity contribution in [2.24, 2.45) is 7.05 Å². The number of aryl methyl sites for hydroxylation is 2. The number of aromatic nitrogens is 3. The lowest BCUT2D eigenvalue weighted by Gasteiger charge is -2.21. The van der Waals surface area contributed by atoms with Gasteiger partial charge >= 0.3 is 0 Å². The molecular weight excluding hydrogens is 278 g/mol. The van der Waals surface area contributed by atoms with Crippen molar-refractivity contribution in [3.63, 3.8) is 0 Å². The Morgan fingerprint density at radius 3 is 2.91 bits per heavy atom. The van der Waals surface area contributed by atoms with Crippen molar-refractivity contribution in [3.05, 3.63) is 35.5 Å². The van der Waals surface area contributed by atoms with Crippen LogP contribution in [0.15, 0.2) is 24.3 Å². The summed E-state index contributed by atoms with van der Waals surface area (Å²) in [7, 11) is 1.82. The van der Waals surface area contributed by atoms with Crippen molar-refractivity contribution in [2.45, 2.75) is 32.1 Å². The van der Waals surface area contributed by atoms with Crippen LogP contribution in [0.1, 0.15) is 36.9 Å². The zero-order valence-corrected chi connectivity index (χ0v) is 13.0. The highest BCUT2D eigenvalue weighted by Crippen LogP contribution is 2.30. The zero-order valence-electron chi connectivity index (χ0n) is 13.0.